The topological polar surface area (TPSA) is 110 Å². The maximum absolute atomic E-state index is 12.4. The average molecular weight is 354 g/mol. The molecule has 0 aliphatic heterocycles. The molecule has 11 heteroatoms. The maximum Gasteiger partial charge on any atom is 0.451 e. The number of fused-ring (bicyclic) bond motifs is 1. The summed E-state index contributed by atoms with van der Waals surface area (Å²) in [5, 5.41) is 7.63. The van der Waals surface area contributed by atoms with Crippen molar-refractivity contribution in [2.24, 2.45) is 0 Å². The zero-order valence-corrected chi connectivity index (χ0v) is 12.3. The number of rotatable bonds is 4. The van der Waals surface area contributed by atoms with Crippen molar-refractivity contribution in [2.45, 2.75) is 6.18 Å². The summed E-state index contributed by atoms with van der Waals surface area (Å²) >= 11 is 0. The number of carbonyl (C=O) groups excluding carboxylic acids is 1. The molecule has 0 fully saturated rings. The monoisotopic (exact) mass is 354 g/mol. The molecule has 130 valence electrons. The van der Waals surface area contributed by atoms with Crippen LogP contribution in [0.4, 0.5) is 19.1 Å². The molecule has 0 bridgehead atoms. The lowest BCUT2D eigenvalue weighted by Crippen LogP contribution is -2.21. The summed E-state index contributed by atoms with van der Waals surface area (Å²) in [6.07, 6.45) is -4.69. The van der Waals surface area contributed by atoms with E-state index in [9.17, 15) is 22.8 Å². The molecule has 0 saturated carbocycles. The quantitative estimate of drug-likeness (QED) is 0.693. The predicted molar refractivity (Wildman–Crippen MR) is 78.0 cm³/mol. The predicted octanol–water partition coefficient (Wildman–Crippen LogP) is 1.95. The Morgan fingerprint density at radius 3 is 2.76 bits per heavy atom. The Morgan fingerprint density at radius 1 is 1.28 bits per heavy atom. The Kier molecular flexibility index (Phi) is 4.13. The van der Waals surface area contributed by atoms with Gasteiger partial charge in [-0.15, -0.1) is 5.10 Å². The summed E-state index contributed by atoms with van der Waals surface area (Å²) in [5.74, 6) is -2.37. The molecule has 2 N–H and O–H groups in total. The SMILES string of the molecule is O=C(COc1ccc2ccc(=O)oc2c1)Nc1n[nH]c(C(F)(F)F)n1. The first kappa shape index (κ1) is 16.5. The van der Waals surface area contributed by atoms with E-state index in [1.165, 1.54) is 12.1 Å². The van der Waals surface area contributed by atoms with Crippen molar-refractivity contribution in [3.8, 4) is 5.75 Å². The molecule has 0 radical (unpaired) electrons. The lowest BCUT2D eigenvalue weighted by atomic mass is 10.2. The van der Waals surface area contributed by atoms with E-state index in [2.05, 4.69) is 15.4 Å². The van der Waals surface area contributed by atoms with E-state index in [1.807, 2.05) is 0 Å². The fraction of sp³-hybridized carbons (Fsp3) is 0.143. The van der Waals surface area contributed by atoms with Gasteiger partial charge in [-0.25, -0.2) is 4.79 Å². The standard InChI is InChI=1S/C14H9F3N4O4/c15-14(16,17)12-19-13(21-20-12)18-10(22)6-24-8-3-1-7-2-4-11(23)25-9(7)5-8/h1-5H,6H2,(H2,18,19,20,21,22). The number of H-pyrrole nitrogens is 1. The van der Waals surface area contributed by atoms with E-state index < -0.39 is 36.1 Å². The van der Waals surface area contributed by atoms with Crippen molar-refractivity contribution in [3.63, 3.8) is 0 Å². The molecule has 0 aliphatic carbocycles. The summed E-state index contributed by atoms with van der Waals surface area (Å²) in [6, 6.07) is 7.42. The highest BCUT2D eigenvalue weighted by atomic mass is 19.4. The van der Waals surface area contributed by atoms with Crippen LogP contribution < -0.4 is 15.7 Å². The number of alkyl halides is 3. The number of anilines is 1. The Balaban J connectivity index is 1.62. The van der Waals surface area contributed by atoms with Gasteiger partial charge in [-0.05, 0) is 18.2 Å². The third kappa shape index (κ3) is 3.94. The molecule has 0 saturated heterocycles. The van der Waals surface area contributed by atoms with E-state index >= 15 is 0 Å². The average Bonchev–Trinajstić information content (AvgIpc) is 3.01. The number of ether oxygens (including phenoxy) is 1. The molecule has 8 nitrogen and oxygen atoms in total. The van der Waals surface area contributed by atoms with E-state index in [4.69, 9.17) is 9.15 Å². The van der Waals surface area contributed by atoms with Crippen molar-refractivity contribution in [1.82, 2.24) is 15.2 Å². The van der Waals surface area contributed by atoms with Crippen molar-refractivity contribution >= 4 is 22.8 Å². The van der Waals surface area contributed by atoms with Crippen LogP contribution in [0.2, 0.25) is 0 Å². The number of hydrogen-bond acceptors (Lipinski definition) is 6. The molecular weight excluding hydrogens is 345 g/mol. The summed E-state index contributed by atoms with van der Waals surface area (Å²) in [7, 11) is 0. The third-order valence-corrected chi connectivity index (χ3v) is 2.97. The summed E-state index contributed by atoms with van der Waals surface area (Å²) in [6.45, 7) is -0.502. The molecule has 2 heterocycles. The number of nitrogens with zero attached hydrogens (tertiary/aromatic N) is 2. The molecule has 1 aromatic carbocycles. The maximum atomic E-state index is 12.4. The highest BCUT2D eigenvalue weighted by molar-refractivity contribution is 5.90. The highest BCUT2D eigenvalue weighted by Crippen LogP contribution is 2.26. The van der Waals surface area contributed by atoms with Gasteiger partial charge in [-0.3, -0.25) is 15.2 Å². The first-order valence-corrected chi connectivity index (χ1v) is 6.77. The Bertz CT molecular complexity index is 980. The normalized spacial score (nSPS) is 11.5. The van der Waals surface area contributed by atoms with Gasteiger partial charge >= 0.3 is 11.8 Å². The minimum Gasteiger partial charge on any atom is -0.484 e. The van der Waals surface area contributed by atoms with Crippen molar-refractivity contribution in [3.05, 3.63) is 46.6 Å². The molecule has 0 aliphatic rings. The molecule has 0 atom stereocenters. The van der Waals surface area contributed by atoms with Crippen LogP contribution in [0, 0.1) is 0 Å². The van der Waals surface area contributed by atoms with E-state index in [0.29, 0.717) is 5.39 Å². The number of aromatic amines is 1. The van der Waals surface area contributed by atoms with Crippen LogP contribution in [0.1, 0.15) is 5.82 Å². The first-order valence-electron chi connectivity index (χ1n) is 6.77. The second kappa shape index (κ2) is 6.26. The Hall–Kier alpha value is -3.37. The number of nitrogens with one attached hydrogen (secondary N) is 2. The van der Waals surface area contributed by atoms with Crippen LogP contribution in [0.5, 0.6) is 5.75 Å². The van der Waals surface area contributed by atoms with Gasteiger partial charge in [0.1, 0.15) is 11.3 Å². The van der Waals surface area contributed by atoms with Crippen LogP contribution in [-0.4, -0.2) is 27.7 Å². The molecule has 2 aromatic heterocycles. The minimum atomic E-state index is -4.69. The van der Waals surface area contributed by atoms with Crippen LogP contribution in [0.15, 0.2) is 39.5 Å². The zero-order chi connectivity index (χ0) is 18.0. The fourth-order valence-corrected chi connectivity index (χ4v) is 1.88. The van der Waals surface area contributed by atoms with Crippen molar-refractivity contribution in [1.29, 1.82) is 0 Å². The van der Waals surface area contributed by atoms with Gasteiger partial charge in [-0.1, -0.05) is 0 Å². The lowest BCUT2D eigenvalue weighted by Gasteiger charge is -2.06. The number of aromatic nitrogens is 3. The van der Waals surface area contributed by atoms with Gasteiger partial charge in [-0.2, -0.15) is 18.2 Å². The van der Waals surface area contributed by atoms with Crippen LogP contribution >= 0.6 is 0 Å². The second-order valence-electron chi connectivity index (χ2n) is 4.80. The van der Waals surface area contributed by atoms with Gasteiger partial charge in [0.2, 0.25) is 11.8 Å². The molecule has 1 amide bonds. The lowest BCUT2D eigenvalue weighted by molar-refractivity contribution is -0.144. The molecule has 25 heavy (non-hydrogen) atoms. The molecule has 0 unspecified atom stereocenters. The van der Waals surface area contributed by atoms with Gasteiger partial charge in [0.25, 0.3) is 5.91 Å². The zero-order valence-electron chi connectivity index (χ0n) is 12.3. The fourth-order valence-electron chi connectivity index (χ4n) is 1.88. The summed E-state index contributed by atoms with van der Waals surface area (Å²) < 4.78 is 47.3. The van der Waals surface area contributed by atoms with E-state index in [0.717, 1.165) is 0 Å². The van der Waals surface area contributed by atoms with E-state index in [1.54, 1.807) is 23.3 Å². The number of benzene rings is 1. The van der Waals surface area contributed by atoms with Gasteiger partial charge in [0, 0.05) is 17.5 Å². The molecule has 3 aromatic rings. The largest absolute Gasteiger partial charge is 0.484 e. The Morgan fingerprint density at radius 2 is 2.04 bits per heavy atom. The van der Waals surface area contributed by atoms with Gasteiger partial charge in [0.05, 0.1) is 0 Å². The van der Waals surface area contributed by atoms with Crippen LogP contribution in [-0.2, 0) is 11.0 Å². The van der Waals surface area contributed by atoms with E-state index in [-0.39, 0.29) is 11.3 Å². The molecule has 0 spiro atoms. The van der Waals surface area contributed by atoms with Gasteiger partial charge in [0.15, 0.2) is 6.61 Å². The summed E-state index contributed by atoms with van der Waals surface area (Å²) in [4.78, 5) is 25.9. The van der Waals surface area contributed by atoms with Crippen LogP contribution in [0.3, 0.4) is 0 Å². The minimum absolute atomic E-state index is 0.239. The van der Waals surface area contributed by atoms with Crippen molar-refractivity contribution < 1.29 is 27.1 Å². The number of amides is 1. The van der Waals surface area contributed by atoms with Gasteiger partial charge < -0.3 is 9.15 Å². The van der Waals surface area contributed by atoms with Crippen LogP contribution in [0.25, 0.3) is 11.0 Å². The third-order valence-electron chi connectivity index (χ3n) is 2.97. The first-order chi connectivity index (χ1) is 11.8. The Labute approximate surface area is 136 Å². The summed E-state index contributed by atoms with van der Waals surface area (Å²) in [5.41, 5.74) is -0.262. The number of carbonyl (C=O) groups is 1. The van der Waals surface area contributed by atoms with Crippen molar-refractivity contribution in [2.75, 3.05) is 11.9 Å². The smallest absolute Gasteiger partial charge is 0.451 e. The number of hydrogen-bond donors (Lipinski definition) is 2. The molecular formula is C14H9F3N4O4. The highest BCUT2D eigenvalue weighted by Gasteiger charge is 2.35. The second-order valence-corrected chi connectivity index (χ2v) is 4.80. The molecule has 3 rings (SSSR count). The number of halogens is 3.